The van der Waals surface area contributed by atoms with Crippen LogP contribution in [0.3, 0.4) is 0 Å². The van der Waals surface area contributed by atoms with Crippen molar-refractivity contribution < 1.29 is 0 Å². The molecule has 0 saturated heterocycles. The molecule has 9 aromatic carbocycles. The zero-order chi connectivity index (χ0) is 37.8. The van der Waals surface area contributed by atoms with Gasteiger partial charge in [-0.15, -0.1) is 11.3 Å². The molecular formula is C55H37NS. The highest BCUT2D eigenvalue weighted by Crippen LogP contribution is 2.57. The third-order valence-corrected chi connectivity index (χ3v) is 13.8. The fourth-order valence-electron chi connectivity index (χ4n) is 10.0. The van der Waals surface area contributed by atoms with E-state index in [-0.39, 0.29) is 5.41 Å². The summed E-state index contributed by atoms with van der Waals surface area (Å²) in [4.78, 5) is 2.54. The molecule has 0 atom stereocenters. The van der Waals surface area contributed by atoms with Crippen molar-refractivity contribution in [1.29, 1.82) is 0 Å². The summed E-state index contributed by atoms with van der Waals surface area (Å²) < 4.78 is 2.60. The van der Waals surface area contributed by atoms with Crippen molar-refractivity contribution in [3.05, 3.63) is 199 Å². The second-order valence-electron chi connectivity index (χ2n) is 16.0. The van der Waals surface area contributed by atoms with Crippen LogP contribution in [0.15, 0.2) is 188 Å². The highest BCUT2D eigenvalue weighted by atomic mass is 32.1. The topological polar surface area (TPSA) is 3.24 Å². The van der Waals surface area contributed by atoms with Gasteiger partial charge in [0.1, 0.15) is 0 Å². The molecule has 0 radical (unpaired) electrons. The van der Waals surface area contributed by atoms with Crippen molar-refractivity contribution in [3.63, 3.8) is 0 Å². The minimum Gasteiger partial charge on any atom is -0.309 e. The first-order chi connectivity index (χ1) is 28.1. The number of anilines is 3. The van der Waals surface area contributed by atoms with Gasteiger partial charge in [0, 0.05) is 42.4 Å². The van der Waals surface area contributed by atoms with E-state index in [9.17, 15) is 0 Å². The molecule has 0 saturated carbocycles. The van der Waals surface area contributed by atoms with Crippen molar-refractivity contribution in [2.75, 3.05) is 4.90 Å². The second-order valence-corrected chi connectivity index (χ2v) is 17.0. The van der Waals surface area contributed by atoms with Crippen LogP contribution in [0.25, 0.3) is 86.6 Å². The minimum absolute atomic E-state index is 0.117. The van der Waals surface area contributed by atoms with Gasteiger partial charge in [0.25, 0.3) is 0 Å². The molecule has 0 amide bonds. The Morgan fingerprint density at radius 2 is 0.982 bits per heavy atom. The Kier molecular flexibility index (Phi) is 6.91. The number of hydrogen-bond donors (Lipinski definition) is 0. The lowest BCUT2D eigenvalue weighted by Crippen LogP contribution is -2.16. The summed E-state index contributed by atoms with van der Waals surface area (Å²) in [5.74, 6) is 0. The van der Waals surface area contributed by atoms with Crippen LogP contribution >= 0.6 is 11.3 Å². The molecule has 0 N–H and O–H groups in total. The maximum Gasteiger partial charge on any atom is 0.0555 e. The van der Waals surface area contributed by atoms with Gasteiger partial charge in [-0.25, -0.2) is 0 Å². The van der Waals surface area contributed by atoms with E-state index in [1.807, 2.05) is 11.3 Å². The molecule has 0 spiro atoms. The van der Waals surface area contributed by atoms with E-state index < -0.39 is 0 Å². The van der Waals surface area contributed by atoms with E-state index in [0.29, 0.717) is 0 Å². The summed E-state index contributed by atoms with van der Waals surface area (Å²) in [7, 11) is 0. The summed E-state index contributed by atoms with van der Waals surface area (Å²) in [5.41, 5.74) is 19.1. The van der Waals surface area contributed by atoms with E-state index in [2.05, 4.69) is 207 Å². The lowest BCUT2D eigenvalue weighted by atomic mass is 9.82. The Hall–Kier alpha value is -6.74. The maximum atomic E-state index is 2.54. The van der Waals surface area contributed by atoms with Crippen LogP contribution in [0.1, 0.15) is 25.0 Å². The second kappa shape index (κ2) is 12.1. The lowest BCUT2D eigenvalue weighted by Gasteiger charge is -2.30. The van der Waals surface area contributed by atoms with Gasteiger partial charge in [-0.2, -0.15) is 0 Å². The monoisotopic (exact) mass is 743 g/mol. The van der Waals surface area contributed by atoms with E-state index in [1.54, 1.807) is 0 Å². The maximum absolute atomic E-state index is 2.54. The molecule has 1 nitrogen and oxygen atoms in total. The number of rotatable bonds is 5. The smallest absolute Gasteiger partial charge is 0.0555 e. The molecule has 268 valence electrons. The molecule has 0 unspecified atom stereocenters. The van der Waals surface area contributed by atoms with Gasteiger partial charge in [-0.05, 0) is 96.7 Å². The van der Waals surface area contributed by atoms with E-state index in [0.717, 1.165) is 5.69 Å². The van der Waals surface area contributed by atoms with Gasteiger partial charge >= 0.3 is 0 Å². The Morgan fingerprint density at radius 1 is 0.386 bits per heavy atom. The average molecular weight is 744 g/mol. The van der Waals surface area contributed by atoms with Crippen LogP contribution < -0.4 is 4.90 Å². The Morgan fingerprint density at radius 3 is 1.81 bits per heavy atom. The lowest BCUT2D eigenvalue weighted by molar-refractivity contribution is 0.660. The molecule has 0 fully saturated rings. The van der Waals surface area contributed by atoms with E-state index in [4.69, 9.17) is 0 Å². The van der Waals surface area contributed by atoms with Crippen molar-refractivity contribution in [3.8, 4) is 55.6 Å². The Balaban J connectivity index is 1.14. The Bertz CT molecular complexity index is 3230. The fourth-order valence-corrected chi connectivity index (χ4v) is 11.3. The largest absolute Gasteiger partial charge is 0.309 e. The SMILES string of the molecule is CC1(C)c2ccccc2-c2c(N(c3ccc(-c4ccccc4)cc3)c3ccc(-c4ccc5c6c(cccc46)-c4ccccc4-5)c4sc5ccccc5c34)cccc21. The highest BCUT2D eigenvalue weighted by Gasteiger charge is 2.38. The molecule has 10 aromatic rings. The number of fused-ring (bicyclic) bond motifs is 9. The normalized spacial score (nSPS) is 13.2. The molecule has 2 heteroatoms. The van der Waals surface area contributed by atoms with Crippen LogP contribution in [0.2, 0.25) is 0 Å². The van der Waals surface area contributed by atoms with Crippen molar-refractivity contribution in [1.82, 2.24) is 0 Å². The number of hydrogen-bond acceptors (Lipinski definition) is 2. The van der Waals surface area contributed by atoms with Crippen LogP contribution in [0, 0.1) is 0 Å². The molecule has 2 aliphatic carbocycles. The highest BCUT2D eigenvalue weighted by molar-refractivity contribution is 7.26. The van der Waals surface area contributed by atoms with Gasteiger partial charge in [0.2, 0.25) is 0 Å². The molecule has 12 rings (SSSR count). The van der Waals surface area contributed by atoms with Crippen molar-refractivity contribution in [2.45, 2.75) is 19.3 Å². The molecule has 1 heterocycles. The quantitative estimate of drug-likeness (QED) is 0.170. The minimum atomic E-state index is -0.117. The summed E-state index contributed by atoms with van der Waals surface area (Å²) in [6, 6.07) is 70.0. The van der Waals surface area contributed by atoms with Gasteiger partial charge in [0.05, 0.1) is 11.4 Å². The van der Waals surface area contributed by atoms with Crippen LogP contribution in [0.4, 0.5) is 17.1 Å². The number of nitrogens with zero attached hydrogens (tertiary/aromatic N) is 1. The molecule has 2 aliphatic rings. The predicted octanol–water partition coefficient (Wildman–Crippen LogP) is 16.0. The first-order valence-corrected chi connectivity index (χ1v) is 20.7. The molecule has 0 bridgehead atoms. The zero-order valence-electron chi connectivity index (χ0n) is 31.8. The van der Waals surface area contributed by atoms with Gasteiger partial charge < -0.3 is 4.90 Å². The third-order valence-electron chi connectivity index (χ3n) is 12.6. The molecule has 57 heavy (non-hydrogen) atoms. The number of thiophene rings is 1. The summed E-state index contributed by atoms with van der Waals surface area (Å²) in [6.45, 7) is 4.74. The summed E-state index contributed by atoms with van der Waals surface area (Å²) in [6.07, 6.45) is 0. The molecular weight excluding hydrogens is 707 g/mol. The van der Waals surface area contributed by atoms with Gasteiger partial charge in [-0.1, -0.05) is 172 Å². The van der Waals surface area contributed by atoms with Crippen LogP contribution in [-0.2, 0) is 5.41 Å². The first-order valence-electron chi connectivity index (χ1n) is 19.9. The van der Waals surface area contributed by atoms with Crippen molar-refractivity contribution in [2.24, 2.45) is 0 Å². The predicted molar refractivity (Wildman–Crippen MR) is 244 cm³/mol. The van der Waals surface area contributed by atoms with Gasteiger partial charge in [0.15, 0.2) is 0 Å². The first kappa shape index (κ1) is 32.5. The molecule has 0 aliphatic heterocycles. The summed E-state index contributed by atoms with van der Waals surface area (Å²) in [5, 5.41) is 5.23. The van der Waals surface area contributed by atoms with E-state index >= 15 is 0 Å². The van der Waals surface area contributed by atoms with Crippen molar-refractivity contribution >= 4 is 59.3 Å². The third kappa shape index (κ3) is 4.62. The Labute approximate surface area is 336 Å². The molecule has 1 aromatic heterocycles. The average Bonchev–Trinajstić information content (AvgIpc) is 3.89. The fraction of sp³-hybridized carbons (Fsp3) is 0.0545. The zero-order valence-corrected chi connectivity index (χ0v) is 32.6. The van der Waals surface area contributed by atoms with E-state index in [1.165, 1.54) is 109 Å². The number of benzene rings is 9. The van der Waals surface area contributed by atoms with Crippen LogP contribution in [0.5, 0.6) is 0 Å². The van der Waals surface area contributed by atoms with Gasteiger partial charge in [-0.3, -0.25) is 0 Å². The van der Waals surface area contributed by atoms with Crippen LogP contribution in [-0.4, -0.2) is 0 Å². The summed E-state index contributed by atoms with van der Waals surface area (Å²) >= 11 is 1.91. The standard InChI is InChI=1S/C55H37NS/c1-55(2)46-22-10-8-18-44(46)52-47(55)23-13-24-48(52)56(36-28-26-35(27-29-36)34-14-4-3-5-15-34)49-33-32-43(54-53(49)45-19-9-11-25-50(45)57-54)39-30-31-42-38-17-7-6-16-37(38)40-20-12-21-41(39)51(40)42/h3-33H,1-2H3.